The highest BCUT2D eigenvalue weighted by molar-refractivity contribution is 5.95. The Morgan fingerprint density at radius 2 is 2.31 bits per heavy atom. The van der Waals surface area contributed by atoms with Gasteiger partial charge in [-0.05, 0) is 31.3 Å². The number of anilines is 1. The van der Waals surface area contributed by atoms with E-state index in [9.17, 15) is 4.79 Å². The minimum Gasteiger partial charge on any atom is -0.399 e. The lowest BCUT2D eigenvalue weighted by Crippen LogP contribution is -2.16. The van der Waals surface area contributed by atoms with Crippen LogP contribution in [-0.2, 0) is 0 Å². The summed E-state index contributed by atoms with van der Waals surface area (Å²) in [7, 11) is 0. The largest absolute Gasteiger partial charge is 0.399 e. The van der Waals surface area contributed by atoms with E-state index in [0.717, 1.165) is 0 Å². The highest BCUT2D eigenvalue weighted by Crippen LogP contribution is 2.05. The highest BCUT2D eigenvalue weighted by atomic mass is 16.1. The van der Waals surface area contributed by atoms with Gasteiger partial charge in [-0.25, -0.2) is 0 Å². The minimum absolute atomic E-state index is 0.148. The summed E-state index contributed by atoms with van der Waals surface area (Å²) in [6, 6.07) is 6.85. The van der Waals surface area contributed by atoms with E-state index in [-0.39, 0.29) is 5.91 Å². The number of nitrogen functional groups attached to an aromatic ring is 1. The van der Waals surface area contributed by atoms with Gasteiger partial charge in [0.1, 0.15) is 0 Å². The third kappa shape index (κ3) is 2.63. The number of nitrogens with one attached hydrogen (secondary N) is 1. The van der Waals surface area contributed by atoms with Crippen molar-refractivity contribution in [3.8, 4) is 0 Å². The van der Waals surface area contributed by atoms with E-state index in [1.807, 2.05) is 6.92 Å². The molecule has 0 spiro atoms. The Hall–Kier alpha value is -1.77. The summed E-state index contributed by atoms with van der Waals surface area (Å²) in [5.41, 5.74) is 6.69. The Kier molecular flexibility index (Phi) is 3.09. The smallest absolute Gasteiger partial charge is 0.255 e. The summed E-state index contributed by atoms with van der Waals surface area (Å²) in [4.78, 5) is 11.3. The van der Waals surface area contributed by atoms with E-state index < -0.39 is 0 Å². The van der Waals surface area contributed by atoms with E-state index in [2.05, 4.69) is 5.32 Å². The molecule has 0 heterocycles. The number of nitrogens with two attached hydrogens (primary N) is 1. The lowest BCUT2D eigenvalue weighted by atomic mass is 10.2. The summed E-state index contributed by atoms with van der Waals surface area (Å²) in [6.45, 7) is 1.83. The molecule has 0 atom stereocenters. The molecule has 0 saturated heterocycles. The van der Waals surface area contributed by atoms with Crippen LogP contribution in [0.15, 0.2) is 36.5 Å². The first-order valence-electron chi connectivity index (χ1n) is 4.01. The SMILES string of the molecule is CC=CNC(=O)c1cccc(N)c1. The number of carbonyl (C=O) groups excluding carboxylic acids is 1. The van der Waals surface area contributed by atoms with Gasteiger partial charge >= 0.3 is 0 Å². The molecule has 0 aliphatic carbocycles. The summed E-state index contributed by atoms with van der Waals surface area (Å²) in [6.07, 6.45) is 3.34. The molecule has 1 aromatic rings. The zero-order valence-corrected chi connectivity index (χ0v) is 7.45. The van der Waals surface area contributed by atoms with Crippen LogP contribution in [0.25, 0.3) is 0 Å². The standard InChI is InChI=1S/C10H12N2O/c1-2-6-12-10(13)8-4-3-5-9(11)7-8/h2-7H,11H2,1H3,(H,12,13). The van der Waals surface area contributed by atoms with E-state index in [1.165, 1.54) is 0 Å². The third-order valence-electron chi connectivity index (χ3n) is 1.53. The van der Waals surface area contributed by atoms with E-state index >= 15 is 0 Å². The first kappa shape index (κ1) is 9.32. The van der Waals surface area contributed by atoms with Crippen molar-refractivity contribution in [2.75, 3.05) is 5.73 Å². The van der Waals surface area contributed by atoms with Crippen LogP contribution in [-0.4, -0.2) is 5.91 Å². The van der Waals surface area contributed by atoms with Gasteiger partial charge in [0, 0.05) is 11.3 Å². The zero-order valence-electron chi connectivity index (χ0n) is 7.45. The van der Waals surface area contributed by atoms with Crippen LogP contribution in [0.3, 0.4) is 0 Å². The van der Waals surface area contributed by atoms with Crippen LogP contribution >= 0.6 is 0 Å². The van der Waals surface area contributed by atoms with Crippen LogP contribution in [0.2, 0.25) is 0 Å². The molecule has 0 aromatic heterocycles. The molecule has 3 N–H and O–H groups in total. The lowest BCUT2D eigenvalue weighted by molar-refractivity contribution is 0.0970. The van der Waals surface area contributed by atoms with Crippen LogP contribution in [0.5, 0.6) is 0 Å². The van der Waals surface area contributed by atoms with Gasteiger partial charge < -0.3 is 11.1 Å². The van der Waals surface area contributed by atoms with E-state index in [4.69, 9.17) is 5.73 Å². The maximum atomic E-state index is 11.3. The minimum atomic E-state index is -0.148. The number of allylic oxidation sites excluding steroid dienone is 1. The maximum absolute atomic E-state index is 11.3. The van der Waals surface area contributed by atoms with Crippen LogP contribution in [0.4, 0.5) is 5.69 Å². The molecule has 68 valence electrons. The average Bonchev–Trinajstić information content (AvgIpc) is 2.14. The average molecular weight is 176 g/mol. The Bertz CT molecular complexity index is 331. The van der Waals surface area contributed by atoms with Crippen LogP contribution < -0.4 is 11.1 Å². The van der Waals surface area contributed by atoms with Gasteiger partial charge in [0.25, 0.3) is 5.91 Å². The Morgan fingerprint density at radius 3 is 2.92 bits per heavy atom. The second kappa shape index (κ2) is 4.30. The first-order valence-corrected chi connectivity index (χ1v) is 4.01. The van der Waals surface area contributed by atoms with E-state index in [0.29, 0.717) is 11.3 Å². The molecule has 13 heavy (non-hydrogen) atoms. The molecule has 0 radical (unpaired) electrons. The van der Waals surface area contributed by atoms with Crippen LogP contribution in [0.1, 0.15) is 17.3 Å². The number of rotatable bonds is 2. The van der Waals surface area contributed by atoms with E-state index in [1.54, 1.807) is 36.5 Å². The quantitative estimate of drug-likeness (QED) is 0.671. The van der Waals surface area contributed by atoms with Gasteiger partial charge in [-0.2, -0.15) is 0 Å². The highest BCUT2D eigenvalue weighted by Gasteiger charge is 2.01. The molecule has 1 rings (SSSR count). The van der Waals surface area contributed by atoms with Gasteiger partial charge in [0.05, 0.1) is 0 Å². The van der Waals surface area contributed by atoms with Crippen molar-refractivity contribution in [2.24, 2.45) is 0 Å². The van der Waals surface area contributed by atoms with Gasteiger partial charge in [-0.3, -0.25) is 4.79 Å². The molecule has 0 aliphatic heterocycles. The fourth-order valence-corrected chi connectivity index (χ4v) is 0.922. The number of amides is 1. The van der Waals surface area contributed by atoms with Gasteiger partial charge in [-0.1, -0.05) is 12.1 Å². The van der Waals surface area contributed by atoms with Crippen LogP contribution in [0, 0.1) is 0 Å². The second-order valence-electron chi connectivity index (χ2n) is 2.60. The summed E-state index contributed by atoms with van der Waals surface area (Å²) in [5.74, 6) is -0.148. The zero-order chi connectivity index (χ0) is 9.68. The fourth-order valence-electron chi connectivity index (χ4n) is 0.922. The molecule has 0 bridgehead atoms. The molecule has 3 heteroatoms. The Morgan fingerprint density at radius 1 is 1.54 bits per heavy atom. The molecular formula is C10H12N2O. The predicted octanol–water partition coefficient (Wildman–Crippen LogP) is 1.53. The molecule has 0 saturated carbocycles. The van der Waals surface area contributed by atoms with Gasteiger partial charge in [0.15, 0.2) is 0 Å². The van der Waals surface area contributed by atoms with Crippen molar-refractivity contribution < 1.29 is 4.79 Å². The van der Waals surface area contributed by atoms with Crippen molar-refractivity contribution in [3.63, 3.8) is 0 Å². The number of carbonyl (C=O) groups is 1. The summed E-state index contributed by atoms with van der Waals surface area (Å²) >= 11 is 0. The third-order valence-corrected chi connectivity index (χ3v) is 1.53. The molecule has 0 aliphatic rings. The molecule has 1 amide bonds. The molecule has 3 nitrogen and oxygen atoms in total. The van der Waals surface area contributed by atoms with Crippen molar-refractivity contribution in [2.45, 2.75) is 6.92 Å². The summed E-state index contributed by atoms with van der Waals surface area (Å²) < 4.78 is 0. The number of hydrogen-bond donors (Lipinski definition) is 2. The van der Waals surface area contributed by atoms with Crippen molar-refractivity contribution in [1.29, 1.82) is 0 Å². The van der Waals surface area contributed by atoms with Crippen molar-refractivity contribution in [3.05, 3.63) is 42.1 Å². The fraction of sp³-hybridized carbons (Fsp3) is 0.100. The summed E-state index contributed by atoms with van der Waals surface area (Å²) in [5, 5.41) is 2.60. The van der Waals surface area contributed by atoms with Crippen molar-refractivity contribution in [1.82, 2.24) is 5.32 Å². The number of benzene rings is 1. The van der Waals surface area contributed by atoms with Crippen molar-refractivity contribution >= 4 is 11.6 Å². The normalized spacial score (nSPS) is 10.2. The molecule has 0 unspecified atom stereocenters. The molecule has 1 aromatic carbocycles. The predicted molar refractivity (Wildman–Crippen MR) is 53.1 cm³/mol. The molecule has 0 fully saturated rings. The maximum Gasteiger partial charge on any atom is 0.255 e. The topological polar surface area (TPSA) is 55.1 Å². The monoisotopic (exact) mass is 176 g/mol. The first-order chi connectivity index (χ1) is 6.24. The van der Waals surface area contributed by atoms with Gasteiger partial charge in [-0.15, -0.1) is 0 Å². The Balaban J connectivity index is 2.77. The number of hydrogen-bond acceptors (Lipinski definition) is 2. The molecular weight excluding hydrogens is 164 g/mol. The lowest BCUT2D eigenvalue weighted by Gasteiger charge is -2.00. The Labute approximate surface area is 77.3 Å². The van der Waals surface area contributed by atoms with Gasteiger partial charge in [0.2, 0.25) is 0 Å². The second-order valence-corrected chi connectivity index (χ2v) is 2.60.